The van der Waals surface area contributed by atoms with Crippen molar-refractivity contribution in [3.05, 3.63) is 29.8 Å². The molecule has 0 aliphatic carbocycles. The number of phenolic OH excluding ortho intramolecular Hbond substituents is 1. The number of hydrogen-bond acceptors (Lipinski definition) is 3. The number of hydrogen-bond donors (Lipinski definition) is 2. The Balaban J connectivity index is 2.18. The first-order valence-corrected chi connectivity index (χ1v) is 5.35. The molecule has 1 aliphatic heterocycles. The van der Waals surface area contributed by atoms with Gasteiger partial charge in [-0.05, 0) is 31.2 Å². The molecule has 0 aromatic heterocycles. The zero-order chi connectivity index (χ0) is 10.7. The minimum Gasteiger partial charge on any atom is -0.508 e. The summed E-state index contributed by atoms with van der Waals surface area (Å²) in [6, 6.07) is 7.71. The minimum atomic E-state index is 0.277. The molecule has 3 heteroatoms. The van der Waals surface area contributed by atoms with Crippen LogP contribution in [0.4, 0.5) is 0 Å². The Morgan fingerprint density at radius 3 is 3.00 bits per heavy atom. The molecular weight excluding hydrogens is 190 g/mol. The Morgan fingerprint density at radius 2 is 2.40 bits per heavy atom. The number of nitrogens with one attached hydrogen (secondary N) is 1. The van der Waals surface area contributed by atoms with Gasteiger partial charge in [0.2, 0.25) is 0 Å². The predicted octanol–water partition coefficient (Wildman–Crippen LogP) is 1.69. The molecule has 0 spiro atoms. The van der Waals surface area contributed by atoms with E-state index in [1.165, 1.54) is 0 Å². The normalized spacial score (nSPS) is 22.9. The summed E-state index contributed by atoms with van der Waals surface area (Å²) in [4.78, 5) is 0. The van der Waals surface area contributed by atoms with Crippen molar-refractivity contribution < 1.29 is 9.84 Å². The Kier molecular flexibility index (Phi) is 3.23. The maximum absolute atomic E-state index is 9.44. The van der Waals surface area contributed by atoms with Gasteiger partial charge in [-0.2, -0.15) is 0 Å². The van der Waals surface area contributed by atoms with E-state index in [4.69, 9.17) is 4.74 Å². The van der Waals surface area contributed by atoms with Crippen molar-refractivity contribution in [2.24, 2.45) is 5.92 Å². The zero-order valence-electron chi connectivity index (χ0n) is 8.94. The number of rotatable bonds is 3. The highest BCUT2D eigenvalue weighted by molar-refractivity contribution is 5.29. The number of aromatic hydroxyl groups is 1. The third kappa shape index (κ3) is 2.30. The van der Waals surface area contributed by atoms with Gasteiger partial charge in [0.05, 0.1) is 6.61 Å². The van der Waals surface area contributed by atoms with Gasteiger partial charge in [-0.1, -0.05) is 12.1 Å². The summed E-state index contributed by atoms with van der Waals surface area (Å²) in [7, 11) is 1.95. The van der Waals surface area contributed by atoms with Gasteiger partial charge in [0.15, 0.2) is 0 Å². The maximum atomic E-state index is 9.44. The Bertz CT molecular complexity index is 321. The molecule has 1 saturated heterocycles. The third-order valence-corrected chi connectivity index (χ3v) is 2.98. The minimum absolute atomic E-state index is 0.277. The van der Waals surface area contributed by atoms with Crippen LogP contribution in [0.25, 0.3) is 0 Å². The molecule has 2 unspecified atom stereocenters. The Morgan fingerprint density at radius 1 is 1.53 bits per heavy atom. The molecule has 1 aromatic carbocycles. The van der Waals surface area contributed by atoms with E-state index in [0.29, 0.717) is 11.7 Å². The van der Waals surface area contributed by atoms with Gasteiger partial charge >= 0.3 is 0 Å². The van der Waals surface area contributed by atoms with Crippen molar-refractivity contribution in [3.8, 4) is 5.75 Å². The second kappa shape index (κ2) is 4.64. The molecule has 3 nitrogen and oxygen atoms in total. The molecule has 2 rings (SSSR count). The standard InChI is InChI=1S/C12H17NO2/c1-13-12(10-5-6-15-8-10)9-3-2-4-11(14)7-9/h2-4,7,10,12-14H,5-6,8H2,1H3. The molecule has 0 bridgehead atoms. The van der Waals surface area contributed by atoms with Crippen LogP contribution in [-0.4, -0.2) is 25.4 Å². The molecule has 15 heavy (non-hydrogen) atoms. The third-order valence-electron chi connectivity index (χ3n) is 2.98. The predicted molar refractivity (Wildman–Crippen MR) is 58.8 cm³/mol. The van der Waals surface area contributed by atoms with E-state index in [2.05, 4.69) is 5.32 Å². The van der Waals surface area contributed by atoms with Crippen molar-refractivity contribution in [2.75, 3.05) is 20.3 Å². The quantitative estimate of drug-likeness (QED) is 0.792. The van der Waals surface area contributed by atoms with Crippen LogP contribution in [0, 0.1) is 5.92 Å². The zero-order valence-corrected chi connectivity index (χ0v) is 8.94. The first kappa shape index (κ1) is 10.5. The fourth-order valence-corrected chi connectivity index (χ4v) is 2.21. The van der Waals surface area contributed by atoms with Gasteiger partial charge in [-0.3, -0.25) is 0 Å². The average Bonchev–Trinajstić information content (AvgIpc) is 2.72. The van der Waals surface area contributed by atoms with Crippen molar-refractivity contribution in [1.82, 2.24) is 5.32 Å². The fourth-order valence-electron chi connectivity index (χ4n) is 2.21. The lowest BCUT2D eigenvalue weighted by Crippen LogP contribution is -2.25. The van der Waals surface area contributed by atoms with E-state index in [1.54, 1.807) is 6.07 Å². The average molecular weight is 207 g/mol. The van der Waals surface area contributed by atoms with Gasteiger partial charge in [0, 0.05) is 18.6 Å². The van der Waals surface area contributed by atoms with Crippen molar-refractivity contribution >= 4 is 0 Å². The van der Waals surface area contributed by atoms with Crippen LogP contribution in [0.1, 0.15) is 18.0 Å². The number of benzene rings is 1. The van der Waals surface area contributed by atoms with Crippen LogP contribution in [0.2, 0.25) is 0 Å². The lowest BCUT2D eigenvalue weighted by atomic mass is 9.92. The maximum Gasteiger partial charge on any atom is 0.115 e. The summed E-state index contributed by atoms with van der Waals surface area (Å²) in [6.07, 6.45) is 1.08. The summed E-state index contributed by atoms with van der Waals surface area (Å²) < 4.78 is 5.39. The Labute approximate surface area is 90.1 Å². The van der Waals surface area contributed by atoms with Gasteiger partial charge in [-0.25, -0.2) is 0 Å². The topological polar surface area (TPSA) is 41.5 Å². The van der Waals surface area contributed by atoms with E-state index in [1.807, 2.05) is 25.2 Å². The lowest BCUT2D eigenvalue weighted by molar-refractivity contribution is 0.177. The van der Waals surface area contributed by atoms with E-state index in [9.17, 15) is 5.11 Å². The van der Waals surface area contributed by atoms with E-state index >= 15 is 0 Å². The van der Waals surface area contributed by atoms with E-state index < -0.39 is 0 Å². The molecule has 82 valence electrons. The highest BCUT2D eigenvalue weighted by atomic mass is 16.5. The monoisotopic (exact) mass is 207 g/mol. The van der Waals surface area contributed by atoms with Gasteiger partial charge in [0.25, 0.3) is 0 Å². The van der Waals surface area contributed by atoms with Crippen molar-refractivity contribution in [3.63, 3.8) is 0 Å². The highest BCUT2D eigenvalue weighted by Gasteiger charge is 2.25. The second-order valence-corrected chi connectivity index (χ2v) is 3.99. The molecular formula is C12H17NO2. The summed E-state index contributed by atoms with van der Waals surface area (Å²) >= 11 is 0. The van der Waals surface area contributed by atoms with Gasteiger partial charge in [0.1, 0.15) is 5.75 Å². The van der Waals surface area contributed by atoms with Crippen molar-refractivity contribution in [1.29, 1.82) is 0 Å². The lowest BCUT2D eigenvalue weighted by Gasteiger charge is -2.22. The van der Waals surface area contributed by atoms with Crippen LogP contribution in [0.5, 0.6) is 5.75 Å². The highest BCUT2D eigenvalue weighted by Crippen LogP contribution is 2.29. The van der Waals surface area contributed by atoms with Crippen LogP contribution >= 0.6 is 0 Å². The van der Waals surface area contributed by atoms with E-state index in [0.717, 1.165) is 25.2 Å². The van der Waals surface area contributed by atoms with Crippen LogP contribution in [-0.2, 0) is 4.74 Å². The summed E-state index contributed by atoms with van der Waals surface area (Å²) in [5.41, 5.74) is 1.13. The van der Waals surface area contributed by atoms with Crippen LogP contribution in [0.3, 0.4) is 0 Å². The second-order valence-electron chi connectivity index (χ2n) is 3.99. The molecule has 2 atom stereocenters. The summed E-state index contributed by atoms with van der Waals surface area (Å²) in [5.74, 6) is 0.837. The molecule has 0 radical (unpaired) electrons. The molecule has 0 saturated carbocycles. The van der Waals surface area contributed by atoms with Gasteiger partial charge in [-0.15, -0.1) is 0 Å². The van der Waals surface area contributed by atoms with Gasteiger partial charge < -0.3 is 15.2 Å². The van der Waals surface area contributed by atoms with Crippen molar-refractivity contribution in [2.45, 2.75) is 12.5 Å². The van der Waals surface area contributed by atoms with Crippen LogP contribution < -0.4 is 5.32 Å². The summed E-state index contributed by atoms with van der Waals surface area (Å²) in [5, 5.41) is 12.7. The Hall–Kier alpha value is -1.06. The largest absolute Gasteiger partial charge is 0.508 e. The smallest absolute Gasteiger partial charge is 0.115 e. The fraction of sp³-hybridized carbons (Fsp3) is 0.500. The molecule has 1 aliphatic rings. The van der Waals surface area contributed by atoms with E-state index in [-0.39, 0.29) is 6.04 Å². The summed E-state index contributed by atoms with van der Waals surface area (Å²) in [6.45, 7) is 1.66. The molecule has 0 amide bonds. The first-order chi connectivity index (χ1) is 7.31. The first-order valence-electron chi connectivity index (χ1n) is 5.35. The molecule has 1 fully saturated rings. The van der Waals surface area contributed by atoms with Crippen LogP contribution in [0.15, 0.2) is 24.3 Å². The molecule has 2 N–H and O–H groups in total. The number of phenols is 1. The SMILES string of the molecule is CNC(c1cccc(O)c1)C1CCOC1. The molecule has 1 heterocycles. The molecule has 1 aromatic rings. The number of ether oxygens (including phenoxy) is 1.